The van der Waals surface area contributed by atoms with E-state index in [1.165, 1.54) is 16.7 Å². The second-order valence-corrected chi connectivity index (χ2v) is 15.2. The van der Waals surface area contributed by atoms with E-state index in [1.54, 1.807) is 12.4 Å². The van der Waals surface area contributed by atoms with E-state index >= 15 is 0 Å². The van der Waals surface area contributed by atoms with E-state index in [0.29, 0.717) is 23.0 Å². The summed E-state index contributed by atoms with van der Waals surface area (Å²) >= 11 is 0. The highest BCUT2D eigenvalue weighted by Crippen LogP contribution is 2.50. The highest BCUT2D eigenvalue weighted by Gasteiger charge is 2.36. The Bertz CT molecular complexity index is 2810. The number of nitriles is 1. The SMILES string of the molecule is CC1(C)c2cc(C#N)ccc2-c2ccc(-c3cc(-c4cc(-c5cccnc5)nc(-c5cccnc5)c4)cc(-c4nc(-c5ccccc5)nc(-c5ccccc5)n4)c3)cc21. The molecule has 0 bridgehead atoms. The van der Waals surface area contributed by atoms with Crippen molar-refractivity contribution in [2.24, 2.45) is 0 Å². The summed E-state index contributed by atoms with van der Waals surface area (Å²) in [6.07, 6.45) is 7.22. The van der Waals surface area contributed by atoms with E-state index in [2.05, 4.69) is 84.5 Å². The number of rotatable bonds is 7. The van der Waals surface area contributed by atoms with Gasteiger partial charge < -0.3 is 0 Å². The molecule has 278 valence electrons. The van der Waals surface area contributed by atoms with Crippen LogP contribution in [0.3, 0.4) is 0 Å². The highest BCUT2D eigenvalue weighted by atomic mass is 15.0. The first kappa shape index (κ1) is 35.5. The molecule has 0 amide bonds. The molecule has 4 heterocycles. The number of nitrogens with zero attached hydrogens (tertiary/aromatic N) is 7. The summed E-state index contributed by atoms with van der Waals surface area (Å²) in [5, 5.41) is 9.74. The van der Waals surface area contributed by atoms with Gasteiger partial charge in [0.15, 0.2) is 17.5 Å². The number of aromatic nitrogens is 6. The van der Waals surface area contributed by atoms with Gasteiger partial charge in [0, 0.05) is 58.0 Å². The summed E-state index contributed by atoms with van der Waals surface area (Å²) in [4.78, 5) is 29.2. The van der Waals surface area contributed by atoms with Crippen LogP contribution >= 0.6 is 0 Å². The maximum Gasteiger partial charge on any atom is 0.164 e. The van der Waals surface area contributed by atoms with E-state index in [-0.39, 0.29) is 5.41 Å². The lowest BCUT2D eigenvalue weighted by Crippen LogP contribution is -2.15. The molecule has 0 N–H and O–H groups in total. The molecule has 0 radical (unpaired) electrons. The first-order valence-electron chi connectivity index (χ1n) is 19.5. The average Bonchev–Trinajstić information content (AvgIpc) is 3.54. The van der Waals surface area contributed by atoms with Crippen molar-refractivity contribution in [1.29, 1.82) is 5.26 Å². The van der Waals surface area contributed by atoms with Crippen LogP contribution in [-0.4, -0.2) is 29.9 Å². The molecule has 9 aromatic rings. The normalized spacial score (nSPS) is 12.4. The molecule has 4 aromatic heterocycles. The van der Waals surface area contributed by atoms with E-state index < -0.39 is 0 Å². The molecule has 1 aliphatic rings. The third kappa shape index (κ3) is 6.63. The highest BCUT2D eigenvalue weighted by molar-refractivity contribution is 5.87. The van der Waals surface area contributed by atoms with Crippen LogP contribution in [0.1, 0.15) is 30.5 Å². The van der Waals surface area contributed by atoms with Crippen molar-refractivity contribution in [3.05, 3.63) is 193 Å². The lowest BCUT2D eigenvalue weighted by molar-refractivity contribution is 0.660. The number of hydrogen-bond donors (Lipinski definition) is 0. The van der Waals surface area contributed by atoms with E-state index in [4.69, 9.17) is 19.9 Å². The third-order valence-electron chi connectivity index (χ3n) is 11.1. The first-order valence-corrected chi connectivity index (χ1v) is 19.5. The molecule has 5 aromatic carbocycles. The van der Waals surface area contributed by atoms with Gasteiger partial charge in [0.05, 0.1) is 23.0 Å². The summed E-state index contributed by atoms with van der Waals surface area (Å²) in [6, 6.07) is 53.9. The Labute approximate surface area is 342 Å². The fourth-order valence-electron chi connectivity index (χ4n) is 8.04. The number of fused-ring (bicyclic) bond motifs is 3. The minimum atomic E-state index is -0.306. The fourth-order valence-corrected chi connectivity index (χ4v) is 8.04. The van der Waals surface area contributed by atoms with Crippen LogP contribution in [0.2, 0.25) is 0 Å². The molecule has 0 fully saturated rings. The number of pyridine rings is 3. The Kier molecular flexibility index (Phi) is 8.73. The molecule has 0 atom stereocenters. The zero-order valence-corrected chi connectivity index (χ0v) is 32.4. The van der Waals surface area contributed by atoms with Crippen LogP contribution in [-0.2, 0) is 5.41 Å². The smallest absolute Gasteiger partial charge is 0.164 e. The monoisotopic (exact) mass is 757 g/mol. The summed E-state index contributed by atoms with van der Waals surface area (Å²) in [6.45, 7) is 4.48. The molecule has 0 saturated carbocycles. The van der Waals surface area contributed by atoms with Gasteiger partial charge in [-0.05, 0) is 117 Å². The summed E-state index contributed by atoms with van der Waals surface area (Å²) < 4.78 is 0. The minimum absolute atomic E-state index is 0.306. The van der Waals surface area contributed by atoms with Crippen molar-refractivity contribution in [3.63, 3.8) is 0 Å². The van der Waals surface area contributed by atoms with E-state index in [9.17, 15) is 5.26 Å². The minimum Gasteiger partial charge on any atom is -0.264 e. The fraction of sp³-hybridized carbons (Fsp3) is 0.0577. The number of benzene rings is 5. The van der Waals surface area contributed by atoms with Crippen LogP contribution < -0.4 is 0 Å². The number of hydrogen-bond acceptors (Lipinski definition) is 7. The molecular weight excluding hydrogens is 723 g/mol. The van der Waals surface area contributed by atoms with E-state index in [0.717, 1.165) is 67.0 Å². The average molecular weight is 758 g/mol. The van der Waals surface area contributed by atoms with Crippen molar-refractivity contribution >= 4 is 0 Å². The standard InChI is InChI=1S/C52H35N7/c1-52(2)45-23-33(30-53)17-19-43(45)44-20-18-36(27-46(44)52)39-24-40(41-28-47(37-15-9-21-54-31-37)56-48(29-41)38-16-10-22-55-32-38)26-42(25-39)51-58-49(34-11-5-3-6-12-34)57-50(59-51)35-13-7-4-8-14-35/h3-29,31-32H,1-2H3. The van der Waals surface area contributed by atoms with Crippen LogP contribution in [0.5, 0.6) is 0 Å². The van der Waals surface area contributed by atoms with Gasteiger partial charge in [-0.25, -0.2) is 19.9 Å². The Morgan fingerprint density at radius 1 is 0.407 bits per heavy atom. The van der Waals surface area contributed by atoms with E-state index in [1.807, 2.05) is 109 Å². The van der Waals surface area contributed by atoms with Crippen molar-refractivity contribution in [3.8, 4) is 96.1 Å². The van der Waals surface area contributed by atoms with Crippen LogP contribution in [0.4, 0.5) is 0 Å². The first-order chi connectivity index (χ1) is 28.9. The lowest BCUT2D eigenvalue weighted by atomic mass is 9.81. The second kappa shape index (κ2) is 14.5. The Balaban J connectivity index is 1.21. The molecule has 7 heteroatoms. The van der Waals surface area contributed by atoms with Crippen molar-refractivity contribution in [2.45, 2.75) is 19.3 Å². The Morgan fingerprint density at radius 3 is 1.42 bits per heavy atom. The molecule has 0 spiro atoms. The van der Waals surface area contributed by atoms with Gasteiger partial charge in [-0.15, -0.1) is 0 Å². The van der Waals surface area contributed by atoms with Crippen molar-refractivity contribution in [2.75, 3.05) is 0 Å². The van der Waals surface area contributed by atoms with Gasteiger partial charge in [-0.1, -0.05) is 92.7 Å². The molecule has 1 aliphatic carbocycles. The van der Waals surface area contributed by atoms with Crippen LogP contribution in [0.25, 0.3) is 90.1 Å². The summed E-state index contributed by atoms with van der Waals surface area (Å²) in [5.74, 6) is 1.75. The van der Waals surface area contributed by atoms with Gasteiger partial charge in [0.2, 0.25) is 0 Å². The van der Waals surface area contributed by atoms with Crippen LogP contribution in [0.15, 0.2) is 176 Å². The molecule has 7 nitrogen and oxygen atoms in total. The van der Waals surface area contributed by atoms with Gasteiger partial charge in [-0.2, -0.15) is 5.26 Å². The van der Waals surface area contributed by atoms with Gasteiger partial charge in [0.1, 0.15) is 0 Å². The summed E-state index contributed by atoms with van der Waals surface area (Å²) in [5.41, 5.74) is 15.2. The topological polar surface area (TPSA) is 101 Å². The molecule has 0 aliphatic heterocycles. The molecular formula is C52H35N7. The Morgan fingerprint density at radius 2 is 0.881 bits per heavy atom. The molecule has 0 unspecified atom stereocenters. The van der Waals surface area contributed by atoms with Crippen molar-refractivity contribution < 1.29 is 0 Å². The maximum absolute atomic E-state index is 9.74. The van der Waals surface area contributed by atoms with Crippen molar-refractivity contribution in [1.82, 2.24) is 29.9 Å². The van der Waals surface area contributed by atoms with Gasteiger partial charge >= 0.3 is 0 Å². The Hall–Kier alpha value is -7.95. The van der Waals surface area contributed by atoms with Crippen LogP contribution in [0, 0.1) is 11.3 Å². The molecule has 59 heavy (non-hydrogen) atoms. The van der Waals surface area contributed by atoms with Gasteiger partial charge in [-0.3, -0.25) is 9.97 Å². The largest absolute Gasteiger partial charge is 0.264 e. The summed E-state index contributed by atoms with van der Waals surface area (Å²) in [7, 11) is 0. The zero-order valence-electron chi connectivity index (χ0n) is 32.4. The predicted molar refractivity (Wildman–Crippen MR) is 234 cm³/mol. The lowest BCUT2D eigenvalue weighted by Gasteiger charge is -2.22. The predicted octanol–water partition coefficient (Wildman–Crippen LogP) is 11.9. The van der Waals surface area contributed by atoms with Gasteiger partial charge in [0.25, 0.3) is 0 Å². The second-order valence-electron chi connectivity index (χ2n) is 15.2. The molecule has 0 saturated heterocycles. The third-order valence-corrected chi connectivity index (χ3v) is 11.1. The quantitative estimate of drug-likeness (QED) is 0.159. The maximum atomic E-state index is 9.74. The zero-order chi connectivity index (χ0) is 39.9. The molecule has 10 rings (SSSR count).